The number of rotatable bonds is 4. The molecule has 26 heavy (non-hydrogen) atoms. The fourth-order valence-corrected chi connectivity index (χ4v) is 4.35. The van der Waals surface area contributed by atoms with E-state index in [0.717, 1.165) is 37.4 Å². The zero-order valence-electron chi connectivity index (χ0n) is 15.5. The van der Waals surface area contributed by atoms with Gasteiger partial charge in [0.25, 0.3) is 5.91 Å². The van der Waals surface area contributed by atoms with E-state index in [4.69, 9.17) is 4.52 Å². The van der Waals surface area contributed by atoms with Crippen LogP contribution in [0.3, 0.4) is 0 Å². The number of aromatic nitrogens is 3. The van der Waals surface area contributed by atoms with Gasteiger partial charge < -0.3 is 14.3 Å². The van der Waals surface area contributed by atoms with Gasteiger partial charge in [0.2, 0.25) is 5.76 Å². The zero-order valence-corrected chi connectivity index (χ0v) is 15.5. The second kappa shape index (κ2) is 6.70. The molecule has 4 rings (SSSR count). The third-order valence-corrected chi connectivity index (χ3v) is 5.85. The Balaban J connectivity index is 1.46. The van der Waals surface area contributed by atoms with Gasteiger partial charge in [0, 0.05) is 44.4 Å². The average Bonchev–Trinajstić information content (AvgIpc) is 3.36. The van der Waals surface area contributed by atoms with Crippen molar-refractivity contribution in [2.75, 3.05) is 25.0 Å². The van der Waals surface area contributed by atoms with E-state index >= 15 is 0 Å². The summed E-state index contributed by atoms with van der Waals surface area (Å²) in [7, 11) is 2.08. The van der Waals surface area contributed by atoms with Gasteiger partial charge in [-0.1, -0.05) is 19.0 Å². The van der Waals surface area contributed by atoms with Gasteiger partial charge in [-0.15, -0.1) is 5.10 Å². The highest BCUT2D eigenvalue weighted by Gasteiger charge is 2.46. The molecule has 0 N–H and O–H groups in total. The lowest BCUT2D eigenvalue weighted by Gasteiger charge is -2.30. The fourth-order valence-electron chi connectivity index (χ4n) is 4.35. The molecule has 1 amide bonds. The van der Waals surface area contributed by atoms with E-state index < -0.39 is 0 Å². The lowest BCUT2D eigenvalue weighted by atomic mass is 9.97. The summed E-state index contributed by atoms with van der Waals surface area (Å²) < 4.78 is 5.30. The van der Waals surface area contributed by atoms with Crippen molar-refractivity contribution in [3.63, 3.8) is 0 Å². The largest absolute Gasteiger partial charge is 0.355 e. The number of nitrogens with zero attached hydrogens (tertiary/aromatic N) is 5. The minimum absolute atomic E-state index is 0.0419. The Kier molecular flexibility index (Phi) is 4.38. The van der Waals surface area contributed by atoms with Gasteiger partial charge in [0.1, 0.15) is 0 Å². The van der Waals surface area contributed by atoms with Crippen LogP contribution in [0.15, 0.2) is 28.9 Å². The lowest BCUT2D eigenvalue weighted by molar-refractivity contribution is 0.0737. The number of amides is 1. The van der Waals surface area contributed by atoms with E-state index in [0.29, 0.717) is 23.6 Å². The molecule has 1 aliphatic carbocycles. The first-order valence-electron chi connectivity index (χ1n) is 9.31. The molecule has 2 aromatic heterocycles. The second-order valence-corrected chi connectivity index (χ2v) is 7.74. The summed E-state index contributed by atoms with van der Waals surface area (Å²) in [6.07, 6.45) is 3.95. The highest BCUT2D eigenvalue weighted by Crippen LogP contribution is 2.41. The monoisotopic (exact) mass is 355 g/mol. The lowest BCUT2D eigenvalue weighted by Crippen LogP contribution is -2.39. The summed E-state index contributed by atoms with van der Waals surface area (Å²) in [4.78, 5) is 17.0. The van der Waals surface area contributed by atoms with Crippen molar-refractivity contribution in [2.45, 2.75) is 38.6 Å². The van der Waals surface area contributed by atoms with E-state index in [1.54, 1.807) is 12.3 Å². The molecule has 7 heteroatoms. The van der Waals surface area contributed by atoms with E-state index in [9.17, 15) is 4.79 Å². The van der Waals surface area contributed by atoms with Gasteiger partial charge in [0.05, 0.1) is 5.69 Å². The SMILES string of the molecule is CC(C)c1cc(C(=O)N2C[C@H]3CC[C@@H](N(C)c4cccnn4)[C@H]3C2)on1. The summed E-state index contributed by atoms with van der Waals surface area (Å²) >= 11 is 0. The zero-order chi connectivity index (χ0) is 18.3. The van der Waals surface area contributed by atoms with Crippen LogP contribution in [-0.2, 0) is 0 Å². The molecule has 2 aromatic rings. The topological polar surface area (TPSA) is 75.4 Å². The van der Waals surface area contributed by atoms with Crippen LogP contribution >= 0.6 is 0 Å². The van der Waals surface area contributed by atoms with Crippen LogP contribution in [0.5, 0.6) is 0 Å². The van der Waals surface area contributed by atoms with Crippen molar-refractivity contribution in [3.8, 4) is 0 Å². The standard InChI is InChI=1S/C19H25N5O2/c1-12(2)15-9-17(26-22-15)19(25)24-10-13-6-7-16(14(13)11-24)23(3)18-5-4-8-20-21-18/h4-5,8-9,12-14,16H,6-7,10-11H2,1-3H3/t13-,14+,16-/m1/s1. The highest BCUT2D eigenvalue weighted by molar-refractivity contribution is 5.91. The Bertz CT molecular complexity index is 775. The van der Waals surface area contributed by atoms with Crippen molar-refractivity contribution in [2.24, 2.45) is 11.8 Å². The van der Waals surface area contributed by atoms with E-state index in [2.05, 4.69) is 27.3 Å². The Morgan fingerprint density at radius 1 is 1.35 bits per heavy atom. The third kappa shape index (κ3) is 2.95. The predicted molar refractivity (Wildman–Crippen MR) is 96.9 cm³/mol. The van der Waals surface area contributed by atoms with E-state index in [1.807, 2.05) is 30.9 Å². The van der Waals surface area contributed by atoms with Gasteiger partial charge in [-0.25, -0.2) is 0 Å². The Morgan fingerprint density at radius 3 is 2.88 bits per heavy atom. The van der Waals surface area contributed by atoms with Crippen molar-refractivity contribution >= 4 is 11.7 Å². The molecule has 1 saturated heterocycles. The predicted octanol–water partition coefficient (Wildman–Crippen LogP) is 2.58. The van der Waals surface area contributed by atoms with Crippen LogP contribution in [0.2, 0.25) is 0 Å². The van der Waals surface area contributed by atoms with Crippen molar-refractivity contribution in [1.29, 1.82) is 0 Å². The van der Waals surface area contributed by atoms with Crippen molar-refractivity contribution < 1.29 is 9.32 Å². The van der Waals surface area contributed by atoms with Crippen LogP contribution in [0.25, 0.3) is 0 Å². The third-order valence-electron chi connectivity index (χ3n) is 5.85. The quantitative estimate of drug-likeness (QED) is 0.839. The number of anilines is 1. The van der Waals surface area contributed by atoms with Crippen LogP contribution in [0.1, 0.15) is 48.9 Å². The first-order chi connectivity index (χ1) is 12.5. The Hall–Kier alpha value is -2.44. The van der Waals surface area contributed by atoms with Crippen LogP contribution in [0.4, 0.5) is 5.82 Å². The first-order valence-corrected chi connectivity index (χ1v) is 9.31. The summed E-state index contributed by atoms with van der Waals surface area (Å²) in [5, 5.41) is 12.2. The molecule has 0 spiro atoms. The molecule has 0 aromatic carbocycles. The molecule has 1 aliphatic heterocycles. The maximum atomic E-state index is 12.8. The Labute approximate surface area is 153 Å². The maximum absolute atomic E-state index is 12.8. The molecule has 0 unspecified atom stereocenters. The van der Waals surface area contributed by atoms with Gasteiger partial charge in [-0.3, -0.25) is 4.79 Å². The van der Waals surface area contributed by atoms with Gasteiger partial charge in [-0.05, 0) is 36.8 Å². The molecule has 0 bridgehead atoms. The van der Waals surface area contributed by atoms with Crippen LogP contribution < -0.4 is 4.90 Å². The summed E-state index contributed by atoms with van der Waals surface area (Å²) in [6, 6.07) is 6.06. The summed E-state index contributed by atoms with van der Waals surface area (Å²) in [6.45, 7) is 5.64. The molecule has 2 fully saturated rings. The molecule has 1 saturated carbocycles. The molecule has 7 nitrogen and oxygen atoms in total. The highest BCUT2D eigenvalue weighted by atomic mass is 16.5. The smallest absolute Gasteiger partial charge is 0.292 e. The number of hydrogen-bond acceptors (Lipinski definition) is 6. The number of likely N-dealkylation sites (tertiary alicyclic amines) is 1. The molecule has 2 aliphatic rings. The Morgan fingerprint density at radius 2 is 2.19 bits per heavy atom. The molecule has 3 atom stereocenters. The maximum Gasteiger partial charge on any atom is 0.292 e. The molecule has 3 heterocycles. The number of fused-ring (bicyclic) bond motifs is 1. The summed E-state index contributed by atoms with van der Waals surface area (Å²) in [5.41, 5.74) is 0.827. The molecule has 138 valence electrons. The number of carbonyl (C=O) groups is 1. The molecular formula is C19H25N5O2. The number of hydrogen-bond donors (Lipinski definition) is 0. The van der Waals surface area contributed by atoms with Crippen LogP contribution in [-0.4, -0.2) is 52.3 Å². The van der Waals surface area contributed by atoms with Gasteiger partial charge >= 0.3 is 0 Å². The van der Waals surface area contributed by atoms with Gasteiger partial charge in [0.15, 0.2) is 5.82 Å². The number of carbonyl (C=O) groups excluding carboxylic acids is 1. The van der Waals surface area contributed by atoms with E-state index in [-0.39, 0.29) is 11.8 Å². The van der Waals surface area contributed by atoms with Crippen LogP contribution in [0, 0.1) is 11.8 Å². The van der Waals surface area contributed by atoms with Gasteiger partial charge in [-0.2, -0.15) is 5.10 Å². The second-order valence-electron chi connectivity index (χ2n) is 7.74. The van der Waals surface area contributed by atoms with Crippen molar-refractivity contribution in [3.05, 3.63) is 35.9 Å². The summed E-state index contributed by atoms with van der Waals surface area (Å²) in [5.74, 6) is 2.45. The fraction of sp³-hybridized carbons (Fsp3) is 0.579. The van der Waals surface area contributed by atoms with E-state index in [1.165, 1.54) is 0 Å². The molecule has 0 radical (unpaired) electrons. The molecular weight excluding hydrogens is 330 g/mol. The minimum Gasteiger partial charge on any atom is -0.355 e. The first kappa shape index (κ1) is 17.0. The normalized spacial score (nSPS) is 24.9. The van der Waals surface area contributed by atoms with Crippen molar-refractivity contribution in [1.82, 2.24) is 20.3 Å². The average molecular weight is 355 g/mol. The minimum atomic E-state index is -0.0419.